The van der Waals surface area contributed by atoms with E-state index in [1.165, 1.54) is 19.3 Å². The van der Waals surface area contributed by atoms with E-state index in [4.69, 9.17) is 10.5 Å². The Bertz CT molecular complexity index is 385. The molecule has 0 radical (unpaired) electrons. The predicted molar refractivity (Wildman–Crippen MR) is 56.1 cm³/mol. The van der Waals surface area contributed by atoms with Gasteiger partial charge in [-0.15, -0.1) is 0 Å². The number of alkyl halides is 3. The molecule has 0 unspecified atom stereocenters. The van der Waals surface area contributed by atoms with Crippen molar-refractivity contribution in [2.45, 2.75) is 6.18 Å². The number of rotatable bonds is 3. The van der Waals surface area contributed by atoms with Gasteiger partial charge in [0.25, 0.3) is 0 Å². The van der Waals surface area contributed by atoms with Crippen molar-refractivity contribution >= 4 is 6.08 Å². The van der Waals surface area contributed by atoms with Gasteiger partial charge in [-0.05, 0) is 18.2 Å². The molecule has 0 aliphatic heterocycles. The van der Waals surface area contributed by atoms with Crippen LogP contribution in [-0.2, 0) is 6.18 Å². The van der Waals surface area contributed by atoms with Crippen molar-refractivity contribution in [1.82, 2.24) is 0 Å². The Labute approximate surface area is 91.5 Å². The summed E-state index contributed by atoms with van der Waals surface area (Å²) in [5.41, 5.74) is 4.90. The van der Waals surface area contributed by atoms with Crippen LogP contribution >= 0.6 is 0 Å². The Morgan fingerprint density at radius 3 is 2.56 bits per heavy atom. The van der Waals surface area contributed by atoms with E-state index in [9.17, 15) is 13.2 Å². The predicted octanol–water partition coefficient (Wildman–Crippen LogP) is 2.69. The Balaban J connectivity index is 3.16. The van der Waals surface area contributed by atoms with Crippen LogP contribution < -0.4 is 10.5 Å². The van der Waals surface area contributed by atoms with Gasteiger partial charge >= 0.3 is 6.18 Å². The quantitative estimate of drug-likeness (QED) is 0.868. The fourth-order valence-corrected chi connectivity index (χ4v) is 1.24. The van der Waals surface area contributed by atoms with Crippen LogP contribution in [0.1, 0.15) is 11.1 Å². The molecule has 5 heteroatoms. The number of hydrogen-bond donors (Lipinski definition) is 1. The molecule has 0 spiro atoms. The minimum absolute atomic E-state index is 0.263. The van der Waals surface area contributed by atoms with Crippen molar-refractivity contribution in [1.29, 1.82) is 0 Å². The van der Waals surface area contributed by atoms with Crippen molar-refractivity contribution in [2.75, 3.05) is 13.7 Å². The summed E-state index contributed by atoms with van der Waals surface area (Å²) in [4.78, 5) is 0. The molecule has 0 heterocycles. The van der Waals surface area contributed by atoms with E-state index in [1.807, 2.05) is 0 Å². The summed E-state index contributed by atoms with van der Waals surface area (Å²) >= 11 is 0. The molecule has 16 heavy (non-hydrogen) atoms. The van der Waals surface area contributed by atoms with Gasteiger partial charge < -0.3 is 10.5 Å². The van der Waals surface area contributed by atoms with E-state index in [0.717, 1.165) is 12.1 Å². The highest BCUT2D eigenvalue weighted by atomic mass is 19.4. The van der Waals surface area contributed by atoms with E-state index in [1.54, 1.807) is 6.08 Å². The normalized spacial score (nSPS) is 12.1. The first-order valence-electron chi connectivity index (χ1n) is 4.61. The lowest BCUT2D eigenvalue weighted by Crippen LogP contribution is -2.05. The third-order valence-electron chi connectivity index (χ3n) is 1.99. The second-order valence-corrected chi connectivity index (χ2v) is 3.09. The Morgan fingerprint density at radius 2 is 2.06 bits per heavy atom. The van der Waals surface area contributed by atoms with E-state index in [-0.39, 0.29) is 6.54 Å². The minimum atomic E-state index is -4.35. The van der Waals surface area contributed by atoms with Gasteiger partial charge in [0, 0.05) is 12.1 Å². The zero-order chi connectivity index (χ0) is 12.2. The summed E-state index contributed by atoms with van der Waals surface area (Å²) in [7, 11) is 1.41. The number of benzene rings is 1. The van der Waals surface area contributed by atoms with E-state index in [0.29, 0.717) is 11.3 Å². The largest absolute Gasteiger partial charge is 0.496 e. The van der Waals surface area contributed by atoms with E-state index in [2.05, 4.69) is 0 Å². The smallest absolute Gasteiger partial charge is 0.416 e. The molecular formula is C11H12F3NO. The van der Waals surface area contributed by atoms with Crippen LogP contribution in [0.5, 0.6) is 5.75 Å². The second kappa shape index (κ2) is 5.03. The van der Waals surface area contributed by atoms with Crippen molar-refractivity contribution in [3.8, 4) is 5.75 Å². The fraction of sp³-hybridized carbons (Fsp3) is 0.273. The molecule has 0 aliphatic carbocycles. The van der Waals surface area contributed by atoms with E-state index >= 15 is 0 Å². The molecule has 0 fully saturated rings. The molecule has 88 valence electrons. The highest BCUT2D eigenvalue weighted by Crippen LogP contribution is 2.32. The van der Waals surface area contributed by atoms with Gasteiger partial charge in [-0.2, -0.15) is 13.2 Å². The standard InChI is InChI=1S/C11H12F3NO/c1-16-10-5-4-9(11(12,13)14)7-8(10)3-2-6-15/h2-5,7H,6,15H2,1H3. The number of nitrogens with two attached hydrogens (primary N) is 1. The second-order valence-electron chi connectivity index (χ2n) is 3.09. The van der Waals surface area contributed by atoms with Crippen molar-refractivity contribution in [2.24, 2.45) is 5.73 Å². The van der Waals surface area contributed by atoms with Crippen LogP contribution in [0.3, 0.4) is 0 Å². The van der Waals surface area contributed by atoms with Crippen LogP contribution in [0.15, 0.2) is 24.3 Å². The number of ether oxygens (including phenoxy) is 1. The number of hydrogen-bond acceptors (Lipinski definition) is 2. The Kier molecular flexibility index (Phi) is 3.95. The topological polar surface area (TPSA) is 35.2 Å². The molecule has 1 aromatic carbocycles. The molecule has 2 nitrogen and oxygen atoms in total. The van der Waals surface area contributed by atoms with Gasteiger partial charge in [0.15, 0.2) is 0 Å². The molecule has 0 atom stereocenters. The summed E-state index contributed by atoms with van der Waals surface area (Å²) in [6, 6.07) is 3.31. The zero-order valence-electron chi connectivity index (χ0n) is 8.71. The number of methoxy groups -OCH3 is 1. The minimum Gasteiger partial charge on any atom is -0.496 e. The highest BCUT2D eigenvalue weighted by molar-refractivity contribution is 5.58. The maximum Gasteiger partial charge on any atom is 0.416 e. The van der Waals surface area contributed by atoms with Gasteiger partial charge in [0.2, 0.25) is 0 Å². The molecule has 0 aromatic heterocycles. The Morgan fingerprint density at radius 1 is 1.38 bits per heavy atom. The molecule has 0 saturated heterocycles. The van der Waals surface area contributed by atoms with Crippen molar-refractivity contribution in [3.05, 3.63) is 35.4 Å². The maximum absolute atomic E-state index is 12.4. The first kappa shape index (κ1) is 12.6. The molecular weight excluding hydrogens is 219 g/mol. The number of halogens is 3. The molecule has 0 bridgehead atoms. The molecule has 1 rings (SSSR count). The molecule has 0 saturated carbocycles. The van der Waals surface area contributed by atoms with Gasteiger partial charge in [-0.25, -0.2) is 0 Å². The third kappa shape index (κ3) is 3.00. The fourth-order valence-electron chi connectivity index (χ4n) is 1.24. The lowest BCUT2D eigenvalue weighted by molar-refractivity contribution is -0.137. The van der Waals surface area contributed by atoms with Crippen LogP contribution in [0.2, 0.25) is 0 Å². The first-order valence-corrected chi connectivity index (χ1v) is 4.61. The summed E-state index contributed by atoms with van der Waals surface area (Å²) in [5.74, 6) is 0.387. The molecule has 1 aromatic rings. The average molecular weight is 231 g/mol. The van der Waals surface area contributed by atoms with Crippen LogP contribution in [0.4, 0.5) is 13.2 Å². The third-order valence-corrected chi connectivity index (χ3v) is 1.99. The lowest BCUT2D eigenvalue weighted by Gasteiger charge is -2.10. The maximum atomic E-state index is 12.4. The van der Waals surface area contributed by atoms with Gasteiger partial charge in [-0.1, -0.05) is 12.2 Å². The van der Waals surface area contributed by atoms with Crippen LogP contribution in [-0.4, -0.2) is 13.7 Å². The molecule has 2 N–H and O–H groups in total. The van der Waals surface area contributed by atoms with Gasteiger partial charge in [0.05, 0.1) is 12.7 Å². The van der Waals surface area contributed by atoms with Crippen LogP contribution in [0.25, 0.3) is 6.08 Å². The Hall–Kier alpha value is -1.49. The summed E-state index contributed by atoms with van der Waals surface area (Å²) in [6.07, 6.45) is -1.27. The van der Waals surface area contributed by atoms with E-state index < -0.39 is 11.7 Å². The summed E-state index contributed by atoms with van der Waals surface area (Å²) < 4.78 is 42.3. The first-order chi connectivity index (χ1) is 7.49. The zero-order valence-corrected chi connectivity index (χ0v) is 8.71. The molecule has 0 amide bonds. The SMILES string of the molecule is COc1ccc(C(F)(F)F)cc1C=CCN. The van der Waals surface area contributed by atoms with Gasteiger partial charge in [-0.3, -0.25) is 0 Å². The molecule has 0 aliphatic rings. The van der Waals surface area contributed by atoms with Crippen LogP contribution in [0, 0.1) is 0 Å². The average Bonchev–Trinajstić information content (AvgIpc) is 2.24. The van der Waals surface area contributed by atoms with Crippen molar-refractivity contribution < 1.29 is 17.9 Å². The highest BCUT2D eigenvalue weighted by Gasteiger charge is 2.30. The van der Waals surface area contributed by atoms with Crippen molar-refractivity contribution in [3.63, 3.8) is 0 Å². The lowest BCUT2D eigenvalue weighted by atomic mass is 10.1. The van der Waals surface area contributed by atoms with Gasteiger partial charge in [0.1, 0.15) is 5.75 Å². The summed E-state index contributed by atoms with van der Waals surface area (Å²) in [5, 5.41) is 0. The summed E-state index contributed by atoms with van der Waals surface area (Å²) in [6.45, 7) is 0.263. The monoisotopic (exact) mass is 231 g/mol.